The lowest BCUT2D eigenvalue weighted by molar-refractivity contribution is -0.151. The summed E-state index contributed by atoms with van der Waals surface area (Å²) in [6.45, 7) is 2.92. The minimum Gasteiger partial charge on any atom is -0.480 e. The highest BCUT2D eigenvalue weighted by Gasteiger charge is 2.23. The van der Waals surface area contributed by atoms with Crippen molar-refractivity contribution in [3.05, 3.63) is 29.3 Å². The summed E-state index contributed by atoms with van der Waals surface area (Å²) in [5, 5.41) is 2.85. The quantitative estimate of drug-likeness (QED) is 0.667. The van der Waals surface area contributed by atoms with Crippen molar-refractivity contribution in [2.75, 3.05) is 20.3 Å². The molecule has 0 aliphatic carbocycles. The van der Waals surface area contributed by atoms with E-state index in [1.54, 1.807) is 24.3 Å². The molecule has 138 valence electrons. The maximum atomic E-state index is 11.8. The lowest BCUT2D eigenvalue weighted by Crippen LogP contribution is -2.44. The van der Waals surface area contributed by atoms with Crippen LogP contribution in [0.15, 0.2) is 24.3 Å². The summed E-state index contributed by atoms with van der Waals surface area (Å²) in [6, 6.07) is 5.89. The number of nitrogens with one attached hydrogen (secondary N) is 1. The molecule has 0 radical (unpaired) electrons. The van der Waals surface area contributed by atoms with Crippen molar-refractivity contribution in [2.24, 2.45) is 5.92 Å². The van der Waals surface area contributed by atoms with Gasteiger partial charge in [0.05, 0.1) is 12.1 Å². The van der Waals surface area contributed by atoms with Crippen molar-refractivity contribution < 1.29 is 28.6 Å². The molecule has 1 amide bonds. The van der Waals surface area contributed by atoms with E-state index >= 15 is 0 Å². The van der Waals surface area contributed by atoms with Crippen LogP contribution in [-0.4, -0.2) is 44.2 Å². The molecular formula is C17H22ClNO6. The number of hydrogen-bond donors (Lipinski definition) is 1. The van der Waals surface area contributed by atoms with Crippen LogP contribution in [0, 0.1) is 5.92 Å². The summed E-state index contributed by atoms with van der Waals surface area (Å²) in [7, 11) is 1.24. The molecule has 0 spiro atoms. The molecule has 0 heterocycles. The van der Waals surface area contributed by atoms with Crippen LogP contribution in [0.5, 0.6) is 5.75 Å². The number of benzene rings is 1. The molecule has 1 aromatic rings. The highest BCUT2D eigenvalue weighted by atomic mass is 35.5. The third kappa shape index (κ3) is 7.89. The summed E-state index contributed by atoms with van der Waals surface area (Å²) in [4.78, 5) is 35.1. The Morgan fingerprint density at radius 3 is 2.44 bits per heavy atom. The van der Waals surface area contributed by atoms with Crippen LogP contribution < -0.4 is 10.1 Å². The monoisotopic (exact) mass is 371 g/mol. The Kier molecular flexibility index (Phi) is 8.77. The Bertz CT molecular complexity index is 605. The molecule has 1 rings (SSSR count). The van der Waals surface area contributed by atoms with E-state index in [-0.39, 0.29) is 12.5 Å². The van der Waals surface area contributed by atoms with E-state index in [2.05, 4.69) is 10.1 Å². The van der Waals surface area contributed by atoms with Gasteiger partial charge >= 0.3 is 11.9 Å². The summed E-state index contributed by atoms with van der Waals surface area (Å²) in [6.07, 6.45) is 0.419. The zero-order chi connectivity index (χ0) is 18.8. The molecule has 8 heteroatoms. The van der Waals surface area contributed by atoms with Crippen LogP contribution >= 0.6 is 11.6 Å². The van der Waals surface area contributed by atoms with Crippen molar-refractivity contribution in [3.8, 4) is 5.75 Å². The fourth-order valence-electron chi connectivity index (χ4n) is 1.95. The first-order chi connectivity index (χ1) is 11.8. The fourth-order valence-corrected chi connectivity index (χ4v) is 2.14. The van der Waals surface area contributed by atoms with E-state index in [4.69, 9.17) is 21.1 Å². The van der Waals surface area contributed by atoms with Gasteiger partial charge in [-0.25, -0.2) is 9.59 Å². The Labute approximate surface area is 151 Å². The molecule has 7 nitrogen and oxygen atoms in total. The van der Waals surface area contributed by atoms with Crippen LogP contribution in [0.3, 0.4) is 0 Å². The van der Waals surface area contributed by atoms with Crippen molar-refractivity contribution in [3.63, 3.8) is 0 Å². The fraction of sp³-hybridized carbons (Fsp3) is 0.471. The first-order valence-corrected chi connectivity index (χ1v) is 8.11. The second-order valence-electron chi connectivity index (χ2n) is 5.65. The molecule has 1 atom stereocenters. The van der Waals surface area contributed by atoms with E-state index in [1.807, 2.05) is 13.8 Å². The average Bonchev–Trinajstić information content (AvgIpc) is 2.57. The van der Waals surface area contributed by atoms with Gasteiger partial charge in [-0.2, -0.15) is 0 Å². The molecule has 0 bridgehead atoms. The van der Waals surface area contributed by atoms with Gasteiger partial charge < -0.3 is 19.5 Å². The van der Waals surface area contributed by atoms with Gasteiger partial charge in [-0.15, -0.1) is 0 Å². The number of ether oxygens (including phenoxy) is 3. The number of amides is 1. The van der Waals surface area contributed by atoms with Crippen LogP contribution in [-0.2, 0) is 23.9 Å². The van der Waals surface area contributed by atoms with Gasteiger partial charge in [0.15, 0.2) is 13.2 Å². The number of hydrogen-bond acceptors (Lipinski definition) is 6. The number of esters is 2. The van der Waals surface area contributed by atoms with Crippen LogP contribution in [0.2, 0.25) is 5.02 Å². The number of rotatable bonds is 9. The van der Waals surface area contributed by atoms with Gasteiger partial charge in [-0.3, -0.25) is 4.79 Å². The summed E-state index contributed by atoms with van der Waals surface area (Å²) in [5.74, 6) is -1.35. The number of methoxy groups -OCH3 is 1. The maximum absolute atomic E-state index is 11.8. The zero-order valence-electron chi connectivity index (χ0n) is 14.4. The molecule has 0 unspecified atom stereocenters. The van der Waals surface area contributed by atoms with Crippen molar-refractivity contribution in [1.82, 2.24) is 5.32 Å². The Balaban J connectivity index is 2.40. The topological polar surface area (TPSA) is 90.9 Å². The SMILES string of the molecule is COC(=O)[C@H](CC(C)C)NC(=O)COC(=O)COc1ccccc1Cl. The number of halogens is 1. The van der Waals surface area contributed by atoms with Crippen LogP contribution in [0.25, 0.3) is 0 Å². The predicted octanol–water partition coefficient (Wildman–Crippen LogP) is 1.97. The van der Waals surface area contributed by atoms with Crippen molar-refractivity contribution >= 4 is 29.4 Å². The molecule has 0 saturated heterocycles. The highest BCUT2D eigenvalue weighted by molar-refractivity contribution is 6.32. The summed E-state index contributed by atoms with van der Waals surface area (Å²) < 4.78 is 14.7. The molecule has 25 heavy (non-hydrogen) atoms. The Morgan fingerprint density at radius 1 is 1.16 bits per heavy atom. The van der Waals surface area contributed by atoms with Crippen molar-refractivity contribution in [1.29, 1.82) is 0 Å². The van der Waals surface area contributed by atoms with E-state index in [0.29, 0.717) is 17.2 Å². The van der Waals surface area contributed by atoms with Gasteiger partial charge in [0.2, 0.25) is 0 Å². The molecule has 0 fully saturated rings. The van der Waals surface area contributed by atoms with Gasteiger partial charge in [0, 0.05) is 0 Å². The van der Waals surface area contributed by atoms with Gasteiger partial charge in [-0.1, -0.05) is 37.6 Å². The van der Waals surface area contributed by atoms with Gasteiger partial charge in [0.25, 0.3) is 5.91 Å². The van der Waals surface area contributed by atoms with Gasteiger partial charge in [-0.05, 0) is 24.5 Å². The minimum atomic E-state index is -0.782. The molecule has 1 aromatic carbocycles. The smallest absolute Gasteiger partial charge is 0.344 e. The van der Waals surface area contributed by atoms with Crippen LogP contribution in [0.4, 0.5) is 0 Å². The van der Waals surface area contributed by atoms with Crippen LogP contribution in [0.1, 0.15) is 20.3 Å². The third-order valence-corrected chi connectivity index (χ3v) is 3.39. The molecule has 0 aliphatic rings. The second kappa shape index (κ2) is 10.6. The Hall–Kier alpha value is -2.28. The van der Waals surface area contributed by atoms with Gasteiger partial charge in [0.1, 0.15) is 11.8 Å². The van der Waals surface area contributed by atoms with E-state index in [1.165, 1.54) is 7.11 Å². The molecule has 0 saturated carbocycles. The maximum Gasteiger partial charge on any atom is 0.344 e. The lowest BCUT2D eigenvalue weighted by atomic mass is 10.0. The highest BCUT2D eigenvalue weighted by Crippen LogP contribution is 2.22. The van der Waals surface area contributed by atoms with E-state index < -0.39 is 30.5 Å². The first kappa shape index (κ1) is 20.8. The van der Waals surface area contributed by atoms with E-state index in [0.717, 1.165) is 0 Å². The number of carbonyl (C=O) groups is 3. The number of para-hydroxylation sites is 1. The minimum absolute atomic E-state index is 0.177. The normalized spacial score (nSPS) is 11.6. The molecular weight excluding hydrogens is 350 g/mol. The predicted molar refractivity (Wildman–Crippen MR) is 91.3 cm³/mol. The molecule has 0 aromatic heterocycles. The first-order valence-electron chi connectivity index (χ1n) is 7.73. The third-order valence-electron chi connectivity index (χ3n) is 3.07. The zero-order valence-corrected chi connectivity index (χ0v) is 15.2. The second-order valence-corrected chi connectivity index (χ2v) is 6.06. The summed E-state index contributed by atoms with van der Waals surface area (Å²) in [5.41, 5.74) is 0. The largest absolute Gasteiger partial charge is 0.480 e. The lowest BCUT2D eigenvalue weighted by Gasteiger charge is -2.18. The summed E-state index contributed by atoms with van der Waals surface area (Å²) >= 11 is 5.89. The average molecular weight is 372 g/mol. The van der Waals surface area contributed by atoms with Crippen molar-refractivity contribution in [2.45, 2.75) is 26.3 Å². The standard InChI is InChI=1S/C17H22ClNO6/c1-11(2)8-13(17(22)23-3)19-15(20)9-25-16(21)10-24-14-7-5-4-6-12(14)18/h4-7,11,13H,8-10H2,1-3H3,(H,19,20)/t13-/m0/s1. The van der Waals surface area contributed by atoms with E-state index in [9.17, 15) is 14.4 Å². The molecule has 0 aliphatic heterocycles. The Morgan fingerprint density at radius 2 is 1.84 bits per heavy atom. The number of carbonyl (C=O) groups excluding carboxylic acids is 3. The molecule has 1 N–H and O–H groups in total.